The van der Waals surface area contributed by atoms with E-state index in [1.165, 1.54) is 5.56 Å². The van der Waals surface area contributed by atoms with Gasteiger partial charge in [0.2, 0.25) is 5.91 Å². The van der Waals surface area contributed by atoms with Crippen molar-refractivity contribution in [2.24, 2.45) is 5.73 Å². The molecule has 0 saturated heterocycles. The van der Waals surface area contributed by atoms with Gasteiger partial charge in [-0.3, -0.25) is 9.59 Å². The molecule has 2 aromatic rings. The fourth-order valence-electron chi connectivity index (χ4n) is 2.38. The van der Waals surface area contributed by atoms with Crippen LogP contribution in [-0.2, 0) is 16.0 Å². The summed E-state index contributed by atoms with van der Waals surface area (Å²) >= 11 is 0. The number of hydrogen-bond donors (Lipinski definition) is 2. The van der Waals surface area contributed by atoms with Gasteiger partial charge >= 0.3 is 0 Å². The van der Waals surface area contributed by atoms with Gasteiger partial charge in [-0.25, -0.2) is 0 Å². The molecule has 6 nitrogen and oxygen atoms in total. The first-order chi connectivity index (χ1) is 13.0. The standard InChI is InChI=1S/C21H26N2O4/c1-16-4-8-18(9-5-16)26-13-3-2-12-23-21(25)15-27-19-10-6-17(7-11-19)14-20(22)24/h4-11H,2-3,12-15H2,1H3,(H2,22,24)(H,23,25). The van der Waals surface area contributed by atoms with E-state index in [1.807, 2.05) is 31.2 Å². The van der Waals surface area contributed by atoms with Gasteiger partial charge in [0, 0.05) is 6.54 Å². The Hall–Kier alpha value is -3.02. The smallest absolute Gasteiger partial charge is 0.257 e. The van der Waals surface area contributed by atoms with Gasteiger partial charge < -0.3 is 20.5 Å². The number of nitrogens with one attached hydrogen (secondary N) is 1. The van der Waals surface area contributed by atoms with Crippen LogP contribution in [0.25, 0.3) is 0 Å². The summed E-state index contributed by atoms with van der Waals surface area (Å²) in [6.07, 6.45) is 1.88. The van der Waals surface area contributed by atoms with E-state index in [9.17, 15) is 9.59 Å². The maximum Gasteiger partial charge on any atom is 0.257 e. The van der Waals surface area contributed by atoms with E-state index in [0.717, 1.165) is 24.2 Å². The first-order valence-corrected chi connectivity index (χ1v) is 8.99. The number of aryl methyl sites for hydroxylation is 1. The molecule has 0 aliphatic rings. The number of amides is 2. The largest absolute Gasteiger partial charge is 0.494 e. The molecule has 0 atom stereocenters. The summed E-state index contributed by atoms with van der Waals surface area (Å²) in [4.78, 5) is 22.6. The predicted octanol–water partition coefficient (Wildman–Crippen LogP) is 2.38. The van der Waals surface area contributed by atoms with Crippen LogP contribution in [0.3, 0.4) is 0 Å². The summed E-state index contributed by atoms with van der Waals surface area (Å²) in [5.41, 5.74) is 7.16. The van der Waals surface area contributed by atoms with Crippen molar-refractivity contribution in [3.63, 3.8) is 0 Å². The molecule has 6 heteroatoms. The Morgan fingerprint density at radius 2 is 1.56 bits per heavy atom. The van der Waals surface area contributed by atoms with E-state index >= 15 is 0 Å². The number of hydrogen-bond acceptors (Lipinski definition) is 4. The van der Waals surface area contributed by atoms with Crippen molar-refractivity contribution in [2.45, 2.75) is 26.2 Å². The summed E-state index contributed by atoms with van der Waals surface area (Å²) < 4.78 is 11.1. The quantitative estimate of drug-likeness (QED) is 0.594. The second kappa shape index (κ2) is 10.9. The Morgan fingerprint density at radius 3 is 2.22 bits per heavy atom. The predicted molar refractivity (Wildman–Crippen MR) is 104 cm³/mol. The van der Waals surface area contributed by atoms with E-state index in [-0.39, 0.29) is 24.8 Å². The number of carbonyl (C=O) groups is 2. The average Bonchev–Trinajstić information content (AvgIpc) is 2.65. The number of unbranched alkanes of at least 4 members (excludes halogenated alkanes) is 1. The summed E-state index contributed by atoms with van der Waals surface area (Å²) in [6.45, 7) is 3.19. The molecule has 3 N–H and O–H groups in total. The zero-order chi connectivity index (χ0) is 19.5. The van der Waals surface area contributed by atoms with Crippen molar-refractivity contribution in [3.05, 3.63) is 59.7 Å². The molecule has 144 valence electrons. The zero-order valence-corrected chi connectivity index (χ0v) is 15.6. The highest BCUT2D eigenvalue weighted by atomic mass is 16.5. The molecule has 0 unspecified atom stereocenters. The Labute approximate surface area is 159 Å². The number of benzene rings is 2. The number of primary amides is 1. The molecule has 0 saturated carbocycles. The van der Waals surface area contributed by atoms with Crippen LogP contribution in [0.5, 0.6) is 11.5 Å². The Morgan fingerprint density at radius 1 is 0.926 bits per heavy atom. The molecule has 0 aromatic heterocycles. The minimum atomic E-state index is -0.382. The van der Waals surface area contributed by atoms with Crippen molar-refractivity contribution in [2.75, 3.05) is 19.8 Å². The van der Waals surface area contributed by atoms with Gasteiger partial charge in [0.1, 0.15) is 11.5 Å². The number of ether oxygens (including phenoxy) is 2. The highest BCUT2D eigenvalue weighted by Gasteiger charge is 2.03. The number of nitrogens with two attached hydrogens (primary N) is 1. The normalized spacial score (nSPS) is 10.3. The van der Waals surface area contributed by atoms with Crippen LogP contribution >= 0.6 is 0 Å². The van der Waals surface area contributed by atoms with E-state index in [2.05, 4.69) is 5.32 Å². The van der Waals surface area contributed by atoms with E-state index in [0.29, 0.717) is 18.9 Å². The lowest BCUT2D eigenvalue weighted by atomic mass is 10.1. The molecule has 0 radical (unpaired) electrons. The molecule has 27 heavy (non-hydrogen) atoms. The van der Waals surface area contributed by atoms with Crippen molar-refractivity contribution in [1.82, 2.24) is 5.32 Å². The summed E-state index contributed by atoms with van der Waals surface area (Å²) in [7, 11) is 0. The highest BCUT2D eigenvalue weighted by molar-refractivity contribution is 5.77. The molecule has 2 rings (SSSR count). The van der Waals surface area contributed by atoms with Crippen LogP contribution in [0, 0.1) is 6.92 Å². The minimum Gasteiger partial charge on any atom is -0.494 e. The van der Waals surface area contributed by atoms with E-state index in [1.54, 1.807) is 24.3 Å². The molecule has 0 bridgehead atoms. The van der Waals surface area contributed by atoms with E-state index < -0.39 is 0 Å². The molecule has 0 spiro atoms. The van der Waals surface area contributed by atoms with Crippen LogP contribution in [0.4, 0.5) is 0 Å². The lowest BCUT2D eigenvalue weighted by Crippen LogP contribution is -2.29. The molecule has 0 aliphatic heterocycles. The third kappa shape index (κ3) is 8.27. The highest BCUT2D eigenvalue weighted by Crippen LogP contribution is 2.13. The Bertz CT molecular complexity index is 727. The average molecular weight is 370 g/mol. The molecule has 2 amide bonds. The fourth-order valence-corrected chi connectivity index (χ4v) is 2.38. The first kappa shape index (κ1) is 20.3. The van der Waals surface area contributed by atoms with Gasteiger partial charge in [0.25, 0.3) is 5.91 Å². The Balaban J connectivity index is 1.54. The molecule has 2 aromatic carbocycles. The van der Waals surface area contributed by atoms with Gasteiger partial charge in [-0.1, -0.05) is 29.8 Å². The Kier molecular flexibility index (Phi) is 8.16. The van der Waals surface area contributed by atoms with Crippen molar-refractivity contribution in [3.8, 4) is 11.5 Å². The van der Waals surface area contributed by atoms with Gasteiger partial charge in [0.05, 0.1) is 13.0 Å². The van der Waals surface area contributed by atoms with Gasteiger partial charge in [-0.15, -0.1) is 0 Å². The molecule has 0 heterocycles. The maximum absolute atomic E-state index is 11.8. The van der Waals surface area contributed by atoms with Crippen LogP contribution in [0.1, 0.15) is 24.0 Å². The SMILES string of the molecule is Cc1ccc(OCCCCNC(=O)COc2ccc(CC(N)=O)cc2)cc1. The lowest BCUT2D eigenvalue weighted by Gasteiger charge is -2.09. The van der Waals surface area contributed by atoms with Crippen molar-refractivity contribution >= 4 is 11.8 Å². The number of rotatable bonds is 11. The molecular formula is C21H26N2O4. The molecule has 0 fully saturated rings. The zero-order valence-electron chi connectivity index (χ0n) is 15.6. The van der Waals surface area contributed by atoms with Crippen LogP contribution < -0.4 is 20.5 Å². The minimum absolute atomic E-state index is 0.0466. The van der Waals surface area contributed by atoms with Crippen LogP contribution in [0.2, 0.25) is 0 Å². The number of carbonyl (C=O) groups excluding carboxylic acids is 2. The second-order valence-corrected chi connectivity index (χ2v) is 6.29. The van der Waals surface area contributed by atoms with Gasteiger partial charge in [0.15, 0.2) is 6.61 Å². The van der Waals surface area contributed by atoms with E-state index in [4.69, 9.17) is 15.2 Å². The third-order valence-electron chi connectivity index (χ3n) is 3.85. The van der Waals surface area contributed by atoms with Crippen LogP contribution in [0.15, 0.2) is 48.5 Å². The van der Waals surface area contributed by atoms with Gasteiger partial charge in [-0.2, -0.15) is 0 Å². The van der Waals surface area contributed by atoms with Crippen LogP contribution in [-0.4, -0.2) is 31.6 Å². The van der Waals surface area contributed by atoms with Crippen molar-refractivity contribution in [1.29, 1.82) is 0 Å². The van der Waals surface area contributed by atoms with Crippen molar-refractivity contribution < 1.29 is 19.1 Å². The summed E-state index contributed by atoms with van der Waals surface area (Å²) in [5.74, 6) is 0.882. The first-order valence-electron chi connectivity index (χ1n) is 8.99. The molecular weight excluding hydrogens is 344 g/mol. The fraction of sp³-hybridized carbons (Fsp3) is 0.333. The molecule has 0 aliphatic carbocycles. The monoisotopic (exact) mass is 370 g/mol. The third-order valence-corrected chi connectivity index (χ3v) is 3.85. The second-order valence-electron chi connectivity index (χ2n) is 6.29. The topological polar surface area (TPSA) is 90.7 Å². The lowest BCUT2D eigenvalue weighted by molar-refractivity contribution is -0.123. The van der Waals surface area contributed by atoms with Gasteiger partial charge in [-0.05, 0) is 49.6 Å². The maximum atomic E-state index is 11.8. The summed E-state index contributed by atoms with van der Waals surface area (Å²) in [6, 6.07) is 14.9. The summed E-state index contributed by atoms with van der Waals surface area (Å²) in [5, 5.41) is 2.82.